The van der Waals surface area contributed by atoms with Gasteiger partial charge >= 0.3 is 0 Å². The van der Waals surface area contributed by atoms with Gasteiger partial charge in [0.05, 0.1) is 11.1 Å². The van der Waals surface area contributed by atoms with Crippen LogP contribution in [0.5, 0.6) is 0 Å². The Hall–Kier alpha value is -1.45. The summed E-state index contributed by atoms with van der Waals surface area (Å²) >= 11 is 5.68. The van der Waals surface area contributed by atoms with Crippen molar-refractivity contribution in [3.8, 4) is 0 Å². The molecule has 0 aromatic heterocycles. The first-order chi connectivity index (χ1) is 8.97. The zero-order valence-corrected chi connectivity index (χ0v) is 11.1. The first-order valence-corrected chi connectivity index (χ1v) is 6.23. The van der Waals surface area contributed by atoms with Gasteiger partial charge < -0.3 is 5.11 Å². The van der Waals surface area contributed by atoms with E-state index in [-0.39, 0.29) is 10.8 Å². The molecule has 0 saturated heterocycles. The van der Waals surface area contributed by atoms with Gasteiger partial charge in [0.2, 0.25) is 0 Å². The first kappa shape index (κ1) is 14.0. The molecule has 0 aliphatic rings. The molecule has 0 bridgehead atoms. The van der Waals surface area contributed by atoms with Crippen molar-refractivity contribution >= 4 is 11.6 Å². The van der Waals surface area contributed by atoms with Crippen molar-refractivity contribution in [1.29, 1.82) is 0 Å². The van der Waals surface area contributed by atoms with Crippen molar-refractivity contribution in [2.75, 3.05) is 0 Å². The van der Waals surface area contributed by atoms with Crippen molar-refractivity contribution in [3.05, 3.63) is 69.7 Å². The summed E-state index contributed by atoms with van der Waals surface area (Å²) in [5.41, 5.74) is 2.15. The molecule has 2 aromatic carbocycles. The summed E-state index contributed by atoms with van der Waals surface area (Å²) in [5.74, 6) is -0.823. The van der Waals surface area contributed by atoms with E-state index in [1.165, 1.54) is 30.3 Å². The Bertz CT molecular complexity index is 599. The van der Waals surface area contributed by atoms with Crippen LogP contribution in [-0.4, -0.2) is 5.11 Å². The van der Waals surface area contributed by atoms with Crippen LogP contribution >= 0.6 is 11.6 Å². The van der Waals surface area contributed by atoms with E-state index in [1.807, 2.05) is 0 Å². The monoisotopic (exact) mass is 282 g/mol. The van der Waals surface area contributed by atoms with Crippen molar-refractivity contribution in [3.63, 3.8) is 0 Å². The summed E-state index contributed by atoms with van der Waals surface area (Å²) in [6.07, 6.45) is -0.476. The van der Waals surface area contributed by atoms with Gasteiger partial charge in [-0.3, -0.25) is 0 Å². The maximum Gasteiger partial charge on any atom is 0.141 e. The topological polar surface area (TPSA) is 20.2 Å². The molecule has 1 unspecified atom stereocenters. The summed E-state index contributed by atoms with van der Waals surface area (Å²) in [6.45, 7) is 1.78. The maximum absolute atomic E-state index is 13.0. The molecule has 100 valence electrons. The average Bonchev–Trinajstić information content (AvgIpc) is 2.36. The van der Waals surface area contributed by atoms with E-state index in [4.69, 9.17) is 11.6 Å². The van der Waals surface area contributed by atoms with Gasteiger partial charge in [0.25, 0.3) is 0 Å². The molecule has 0 aliphatic carbocycles. The zero-order valence-electron chi connectivity index (χ0n) is 10.3. The maximum atomic E-state index is 13.0. The molecule has 2 aromatic rings. The number of hydrogen-bond donors (Lipinski definition) is 1. The summed E-state index contributed by atoms with van der Waals surface area (Å²) < 4.78 is 26.0. The summed E-state index contributed by atoms with van der Waals surface area (Å²) in [5, 5.41) is 10.1. The summed E-state index contributed by atoms with van der Waals surface area (Å²) in [7, 11) is 0. The zero-order chi connectivity index (χ0) is 14.0. The molecule has 0 saturated carbocycles. The number of aliphatic hydroxyl groups excluding tert-OH is 1. The largest absolute Gasteiger partial charge is 0.388 e. The molecule has 4 heteroatoms. The second-order valence-corrected chi connectivity index (χ2v) is 4.87. The number of aryl methyl sites for hydroxylation is 1. The van der Waals surface area contributed by atoms with Gasteiger partial charge in [0.15, 0.2) is 0 Å². The fraction of sp³-hybridized carbons (Fsp3) is 0.200. The molecule has 0 radical (unpaired) electrons. The van der Waals surface area contributed by atoms with Gasteiger partial charge in [-0.1, -0.05) is 23.7 Å². The minimum absolute atomic E-state index is 0.0209. The summed E-state index contributed by atoms with van der Waals surface area (Å²) in [4.78, 5) is 0. The van der Waals surface area contributed by atoms with Gasteiger partial charge in [-0.2, -0.15) is 0 Å². The lowest BCUT2D eigenvalue weighted by molar-refractivity contribution is 0.178. The Morgan fingerprint density at radius 1 is 1.16 bits per heavy atom. The van der Waals surface area contributed by atoms with Gasteiger partial charge in [-0.25, -0.2) is 8.78 Å². The third kappa shape index (κ3) is 3.31. The molecule has 0 aliphatic heterocycles. The highest BCUT2D eigenvalue weighted by Gasteiger charge is 2.12. The van der Waals surface area contributed by atoms with Gasteiger partial charge in [0, 0.05) is 6.42 Å². The number of aliphatic hydroxyl groups is 1. The predicted octanol–water partition coefficient (Wildman–Crippen LogP) is 4.20. The van der Waals surface area contributed by atoms with E-state index in [2.05, 4.69) is 0 Å². The number of halogens is 3. The van der Waals surface area contributed by atoms with E-state index in [0.29, 0.717) is 12.0 Å². The highest BCUT2D eigenvalue weighted by molar-refractivity contribution is 6.30. The molecule has 2 rings (SSSR count). The van der Waals surface area contributed by atoms with Crippen LogP contribution in [0.3, 0.4) is 0 Å². The van der Waals surface area contributed by atoms with Crippen molar-refractivity contribution in [1.82, 2.24) is 0 Å². The standard InChI is InChI=1S/C15H13ClF2O/c1-9-6-12(17)4-2-10(9)8-15(19)11-3-5-14(18)13(16)7-11/h2-7,15,19H,8H2,1H3. The van der Waals surface area contributed by atoms with E-state index >= 15 is 0 Å². The Kier molecular flexibility index (Phi) is 4.17. The Morgan fingerprint density at radius 3 is 2.53 bits per heavy atom. The molecular formula is C15H13ClF2O. The quantitative estimate of drug-likeness (QED) is 0.894. The van der Waals surface area contributed by atoms with Crippen LogP contribution in [0.25, 0.3) is 0 Å². The molecule has 1 atom stereocenters. The minimum atomic E-state index is -0.803. The Labute approximate surface area is 115 Å². The fourth-order valence-corrected chi connectivity index (χ4v) is 2.12. The lowest BCUT2D eigenvalue weighted by Crippen LogP contribution is -2.03. The average molecular weight is 283 g/mol. The molecule has 0 amide bonds. The lowest BCUT2D eigenvalue weighted by Gasteiger charge is -2.13. The van der Waals surface area contributed by atoms with Crippen LogP contribution in [0.15, 0.2) is 36.4 Å². The van der Waals surface area contributed by atoms with E-state index in [9.17, 15) is 13.9 Å². The second kappa shape index (κ2) is 5.68. The number of rotatable bonds is 3. The normalized spacial score (nSPS) is 12.5. The third-order valence-corrected chi connectivity index (χ3v) is 3.34. The van der Waals surface area contributed by atoms with Crippen molar-refractivity contribution in [2.24, 2.45) is 0 Å². The van der Waals surface area contributed by atoms with Crippen LogP contribution in [0.1, 0.15) is 22.8 Å². The van der Waals surface area contributed by atoms with Crippen molar-refractivity contribution < 1.29 is 13.9 Å². The molecule has 0 fully saturated rings. The summed E-state index contributed by atoms with van der Waals surface area (Å²) in [6, 6.07) is 8.52. The minimum Gasteiger partial charge on any atom is -0.388 e. The number of hydrogen-bond acceptors (Lipinski definition) is 1. The SMILES string of the molecule is Cc1cc(F)ccc1CC(O)c1ccc(F)c(Cl)c1. The van der Waals surface area contributed by atoms with E-state index in [1.54, 1.807) is 13.0 Å². The van der Waals surface area contributed by atoms with Gasteiger partial charge in [-0.05, 0) is 47.9 Å². The fourth-order valence-electron chi connectivity index (χ4n) is 1.93. The predicted molar refractivity (Wildman–Crippen MR) is 71.2 cm³/mol. The molecule has 19 heavy (non-hydrogen) atoms. The lowest BCUT2D eigenvalue weighted by atomic mass is 9.98. The third-order valence-electron chi connectivity index (χ3n) is 3.05. The van der Waals surface area contributed by atoms with Crippen LogP contribution in [0.2, 0.25) is 5.02 Å². The Morgan fingerprint density at radius 2 is 1.89 bits per heavy atom. The number of benzene rings is 2. The van der Waals surface area contributed by atoms with Crippen LogP contribution in [0.4, 0.5) is 8.78 Å². The highest BCUT2D eigenvalue weighted by Crippen LogP contribution is 2.24. The molecular weight excluding hydrogens is 270 g/mol. The van der Waals surface area contributed by atoms with Gasteiger partial charge in [0.1, 0.15) is 11.6 Å². The molecule has 1 nitrogen and oxygen atoms in total. The molecule has 1 N–H and O–H groups in total. The van der Waals surface area contributed by atoms with E-state index in [0.717, 1.165) is 11.1 Å². The smallest absolute Gasteiger partial charge is 0.141 e. The first-order valence-electron chi connectivity index (χ1n) is 5.85. The van der Waals surface area contributed by atoms with Crippen LogP contribution in [0, 0.1) is 18.6 Å². The Balaban J connectivity index is 2.20. The van der Waals surface area contributed by atoms with Crippen LogP contribution < -0.4 is 0 Å². The van der Waals surface area contributed by atoms with E-state index < -0.39 is 11.9 Å². The van der Waals surface area contributed by atoms with Gasteiger partial charge in [-0.15, -0.1) is 0 Å². The molecule has 0 spiro atoms. The second-order valence-electron chi connectivity index (χ2n) is 4.46. The molecule has 0 heterocycles. The van der Waals surface area contributed by atoms with Crippen LogP contribution in [-0.2, 0) is 6.42 Å². The van der Waals surface area contributed by atoms with Crippen molar-refractivity contribution in [2.45, 2.75) is 19.4 Å². The highest BCUT2D eigenvalue weighted by atomic mass is 35.5.